The second-order valence-electron chi connectivity index (χ2n) is 9.69. The lowest BCUT2D eigenvalue weighted by molar-refractivity contribution is -0.116. The Labute approximate surface area is 239 Å². The normalized spacial score (nSPS) is 13.2. The van der Waals surface area contributed by atoms with Gasteiger partial charge in [-0.05, 0) is 55.2 Å². The molecule has 1 aliphatic rings. The summed E-state index contributed by atoms with van der Waals surface area (Å²) in [6.45, 7) is -0.0918. The van der Waals surface area contributed by atoms with Crippen molar-refractivity contribution in [3.8, 4) is 34.2 Å². The smallest absolute Gasteiger partial charge is 0.243 e. The maximum atomic E-state index is 13.6. The van der Waals surface area contributed by atoms with Crippen LogP contribution in [0.25, 0.3) is 16.9 Å². The molecule has 214 valence electrons. The van der Waals surface area contributed by atoms with Crippen LogP contribution in [-0.4, -0.2) is 62.6 Å². The number of anilines is 1. The predicted molar refractivity (Wildman–Crippen MR) is 155 cm³/mol. The Balaban J connectivity index is 1.45. The van der Waals surface area contributed by atoms with Crippen molar-refractivity contribution in [1.29, 1.82) is 0 Å². The maximum Gasteiger partial charge on any atom is 0.243 e. The Hall–Kier alpha value is -4.35. The fraction of sp³-hybridized carbons (Fsp3) is 0.267. The van der Waals surface area contributed by atoms with Crippen LogP contribution in [0.1, 0.15) is 12.8 Å². The number of imidazole rings is 1. The van der Waals surface area contributed by atoms with Crippen LogP contribution in [-0.2, 0) is 14.8 Å². The molecule has 41 heavy (non-hydrogen) atoms. The molecule has 4 aromatic rings. The van der Waals surface area contributed by atoms with Crippen LogP contribution in [0.2, 0.25) is 0 Å². The number of hydrogen-bond acceptors (Lipinski definition) is 7. The summed E-state index contributed by atoms with van der Waals surface area (Å²) in [4.78, 5) is 18.2. The van der Waals surface area contributed by atoms with Gasteiger partial charge in [0.25, 0.3) is 0 Å². The summed E-state index contributed by atoms with van der Waals surface area (Å²) < 4.78 is 46.1. The Morgan fingerprint density at radius 1 is 0.951 bits per heavy atom. The highest BCUT2D eigenvalue weighted by atomic mass is 32.2. The van der Waals surface area contributed by atoms with E-state index in [0.29, 0.717) is 28.6 Å². The minimum absolute atomic E-state index is 0.102. The molecule has 5 rings (SSSR count). The molecule has 3 aromatic carbocycles. The number of methoxy groups -OCH3 is 3. The molecule has 1 N–H and O–H groups in total. The zero-order valence-electron chi connectivity index (χ0n) is 23.1. The monoisotopic (exact) mass is 576 g/mol. The van der Waals surface area contributed by atoms with E-state index in [9.17, 15) is 13.2 Å². The topological polar surface area (TPSA) is 112 Å². The van der Waals surface area contributed by atoms with E-state index in [0.717, 1.165) is 18.4 Å². The van der Waals surface area contributed by atoms with E-state index in [1.807, 2.05) is 42.6 Å². The standard InChI is InChI=1S/C30H32N4O6S/c1-38-24-12-14-25(15-13-24)41(36,37)33(18-21-9-10-21)20-29(35)32-30-31-26(22-7-5-4-6-8-22)19-34(30)23-11-16-27(39-2)28(17-23)40-3/h4-8,11-17,19,21H,9-10,18,20H2,1-3H3,(H,31,32,35). The van der Waals surface area contributed by atoms with Crippen molar-refractivity contribution in [2.45, 2.75) is 17.7 Å². The summed E-state index contributed by atoms with van der Waals surface area (Å²) in [5.41, 5.74) is 2.17. The number of aromatic nitrogens is 2. The van der Waals surface area contributed by atoms with Gasteiger partial charge in [-0.3, -0.25) is 14.7 Å². The van der Waals surface area contributed by atoms with Gasteiger partial charge in [0, 0.05) is 24.4 Å². The van der Waals surface area contributed by atoms with E-state index in [1.165, 1.54) is 23.5 Å². The quantitative estimate of drug-likeness (QED) is 0.262. The van der Waals surface area contributed by atoms with Crippen molar-refractivity contribution < 1.29 is 27.4 Å². The summed E-state index contributed by atoms with van der Waals surface area (Å²) in [6, 6.07) is 21.1. The van der Waals surface area contributed by atoms with Gasteiger partial charge in [-0.2, -0.15) is 4.31 Å². The molecule has 0 unspecified atom stereocenters. The third-order valence-corrected chi connectivity index (χ3v) is 8.67. The Bertz CT molecular complexity index is 1620. The molecule has 0 spiro atoms. The number of nitrogens with one attached hydrogen (secondary N) is 1. The van der Waals surface area contributed by atoms with E-state index in [1.54, 1.807) is 43.1 Å². The molecule has 0 radical (unpaired) electrons. The first-order valence-electron chi connectivity index (χ1n) is 13.1. The lowest BCUT2D eigenvalue weighted by Gasteiger charge is -2.22. The summed E-state index contributed by atoms with van der Waals surface area (Å²) >= 11 is 0. The lowest BCUT2D eigenvalue weighted by Crippen LogP contribution is -2.39. The van der Waals surface area contributed by atoms with E-state index in [-0.39, 0.29) is 29.9 Å². The summed E-state index contributed by atoms with van der Waals surface area (Å²) in [7, 11) is 0.694. The predicted octanol–water partition coefficient (Wildman–Crippen LogP) is 4.60. The molecule has 1 saturated carbocycles. The average molecular weight is 577 g/mol. The molecule has 11 heteroatoms. The van der Waals surface area contributed by atoms with Crippen LogP contribution in [0.3, 0.4) is 0 Å². The van der Waals surface area contributed by atoms with Gasteiger partial charge >= 0.3 is 0 Å². The first-order chi connectivity index (χ1) is 19.8. The highest BCUT2D eigenvalue weighted by Gasteiger charge is 2.33. The second kappa shape index (κ2) is 12.0. The van der Waals surface area contributed by atoms with E-state index < -0.39 is 15.9 Å². The summed E-state index contributed by atoms with van der Waals surface area (Å²) in [5, 5.41) is 2.85. The van der Waals surface area contributed by atoms with E-state index >= 15 is 0 Å². The van der Waals surface area contributed by atoms with Crippen molar-refractivity contribution in [2.24, 2.45) is 5.92 Å². The summed E-state index contributed by atoms with van der Waals surface area (Å²) in [5.74, 6) is 1.59. The van der Waals surface area contributed by atoms with Crippen molar-refractivity contribution >= 4 is 21.9 Å². The average Bonchev–Trinajstić information content (AvgIpc) is 3.73. The highest BCUT2D eigenvalue weighted by molar-refractivity contribution is 7.89. The molecule has 0 aliphatic heterocycles. The number of benzene rings is 3. The van der Waals surface area contributed by atoms with Crippen molar-refractivity contribution in [1.82, 2.24) is 13.9 Å². The van der Waals surface area contributed by atoms with Gasteiger partial charge in [0.2, 0.25) is 21.9 Å². The molecule has 0 atom stereocenters. The molecule has 1 heterocycles. The molecule has 1 fully saturated rings. The Morgan fingerprint density at radius 3 is 2.29 bits per heavy atom. The first kappa shape index (κ1) is 28.2. The Morgan fingerprint density at radius 2 is 1.66 bits per heavy atom. The number of amides is 1. The van der Waals surface area contributed by atoms with E-state index in [2.05, 4.69) is 5.32 Å². The molecule has 0 saturated heterocycles. The zero-order chi connectivity index (χ0) is 29.0. The van der Waals surface area contributed by atoms with Crippen molar-refractivity contribution in [2.75, 3.05) is 39.7 Å². The van der Waals surface area contributed by atoms with Crippen molar-refractivity contribution in [3.05, 3.63) is 79.0 Å². The number of ether oxygens (including phenoxy) is 3. The van der Waals surface area contributed by atoms with Crippen LogP contribution in [0.5, 0.6) is 17.2 Å². The molecule has 1 aliphatic carbocycles. The number of hydrogen-bond donors (Lipinski definition) is 1. The Kier molecular flexibility index (Phi) is 8.27. The number of nitrogens with zero attached hydrogens (tertiary/aromatic N) is 3. The van der Waals surface area contributed by atoms with Crippen molar-refractivity contribution in [3.63, 3.8) is 0 Å². The van der Waals surface area contributed by atoms with Gasteiger partial charge in [0.05, 0.1) is 44.2 Å². The maximum absolute atomic E-state index is 13.6. The molecule has 1 aromatic heterocycles. The van der Waals surface area contributed by atoms with Crippen LogP contribution < -0.4 is 19.5 Å². The second-order valence-corrected chi connectivity index (χ2v) is 11.6. The molecule has 10 nitrogen and oxygen atoms in total. The fourth-order valence-corrected chi connectivity index (χ4v) is 5.92. The van der Waals surface area contributed by atoms with Crippen LogP contribution in [0.15, 0.2) is 83.9 Å². The largest absolute Gasteiger partial charge is 0.497 e. The number of carbonyl (C=O) groups is 1. The van der Waals surface area contributed by atoms with Gasteiger partial charge < -0.3 is 14.2 Å². The number of sulfonamides is 1. The SMILES string of the molecule is COc1ccc(S(=O)(=O)N(CC(=O)Nc2nc(-c3ccccc3)cn2-c2ccc(OC)c(OC)c2)CC2CC2)cc1. The molecular weight excluding hydrogens is 544 g/mol. The van der Waals surface area contributed by atoms with Crippen LogP contribution >= 0.6 is 0 Å². The van der Waals surface area contributed by atoms with Crippen LogP contribution in [0, 0.1) is 5.92 Å². The lowest BCUT2D eigenvalue weighted by atomic mass is 10.2. The van der Waals surface area contributed by atoms with Gasteiger partial charge in [-0.25, -0.2) is 13.4 Å². The first-order valence-corrected chi connectivity index (χ1v) is 14.6. The highest BCUT2D eigenvalue weighted by Crippen LogP contribution is 2.33. The molecular formula is C30H32N4O6S. The van der Waals surface area contributed by atoms with Gasteiger partial charge in [0.1, 0.15) is 5.75 Å². The van der Waals surface area contributed by atoms with E-state index in [4.69, 9.17) is 19.2 Å². The van der Waals surface area contributed by atoms with Crippen LogP contribution in [0.4, 0.5) is 5.95 Å². The number of rotatable bonds is 12. The third kappa shape index (κ3) is 6.36. The van der Waals surface area contributed by atoms with Gasteiger partial charge in [0.15, 0.2) is 11.5 Å². The summed E-state index contributed by atoms with van der Waals surface area (Å²) in [6.07, 6.45) is 3.67. The minimum atomic E-state index is -3.93. The molecule has 1 amide bonds. The van der Waals surface area contributed by atoms with Gasteiger partial charge in [-0.1, -0.05) is 30.3 Å². The molecule has 0 bridgehead atoms. The van der Waals surface area contributed by atoms with Gasteiger partial charge in [-0.15, -0.1) is 0 Å². The third-order valence-electron chi connectivity index (χ3n) is 6.85. The minimum Gasteiger partial charge on any atom is -0.497 e. The fourth-order valence-electron chi connectivity index (χ4n) is 4.45. The number of carbonyl (C=O) groups excluding carboxylic acids is 1. The zero-order valence-corrected chi connectivity index (χ0v) is 23.9.